The predicted molar refractivity (Wildman–Crippen MR) is 44.9 cm³/mol. The van der Waals surface area contributed by atoms with Gasteiger partial charge in [0.2, 0.25) is 0 Å². The minimum absolute atomic E-state index is 0.662. The summed E-state index contributed by atoms with van der Waals surface area (Å²) >= 11 is 2.07. The second-order valence-electron chi connectivity index (χ2n) is 2.63. The lowest BCUT2D eigenvalue weighted by atomic mass is 10.00. The summed E-state index contributed by atoms with van der Waals surface area (Å²) in [7, 11) is 0. The minimum atomic E-state index is 0.662. The van der Waals surface area contributed by atoms with Crippen LogP contribution in [0.25, 0.3) is 0 Å². The molecule has 0 bridgehead atoms. The fourth-order valence-electron chi connectivity index (χ4n) is 0.866. The van der Waals surface area contributed by atoms with Crippen molar-refractivity contribution in [3.63, 3.8) is 0 Å². The highest BCUT2D eigenvalue weighted by Crippen LogP contribution is 2.33. The lowest BCUT2D eigenvalue weighted by molar-refractivity contribution is 0.521. The first-order valence-corrected chi connectivity index (χ1v) is 4.55. The molecule has 0 amide bonds. The van der Waals surface area contributed by atoms with Gasteiger partial charge in [0.25, 0.3) is 0 Å². The fourth-order valence-corrected chi connectivity index (χ4v) is 2.19. The van der Waals surface area contributed by atoms with Crippen LogP contribution in [0.5, 0.6) is 0 Å². The molecule has 0 radical (unpaired) electrons. The Kier molecular flexibility index (Phi) is 2.65. The molecule has 0 saturated heterocycles. The molecule has 1 atom stereocenters. The van der Waals surface area contributed by atoms with E-state index in [-0.39, 0.29) is 0 Å². The number of thioether (sulfide) groups is 1. The molecule has 1 heteroatoms. The molecule has 0 aliphatic heterocycles. The van der Waals surface area contributed by atoms with Crippen LogP contribution in [-0.4, -0.2) is 10.5 Å². The van der Waals surface area contributed by atoms with Gasteiger partial charge in [-0.25, -0.2) is 0 Å². The quantitative estimate of drug-likeness (QED) is 0.546. The molecule has 1 rings (SSSR count). The highest BCUT2D eigenvalue weighted by molar-refractivity contribution is 8.00. The summed E-state index contributed by atoms with van der Waals surface area (Å²) < 4.78 is 0. The summed E-state index contributed by atoms with van der Waals surface area (Å²) in [6.07, 6.45) is 6.34. The minimum Gasteiger partial charge on any atom is -0.151 e. The standard InChI is InChI=1S/C8H14S/c1-3-7(2)9-8-5-4-6-8/h3,7-8H,1,4-6H2,2H3. The van der Waals surface area contributed by atoms with E-state index in [2.05, 4.69) is 25.3 Å². The van der Waals surface area contributed by atoms with Crippen LogP contribution in [0, 0.1) is 0 Å². The lowest BCUT2D eigenvalue weighted by Gasteiger charge is -2.26. The Morgan fingerprint density at radius 1 is 1.67 bits per heavy atom. The third-order valence-electron chi connectivity index (χ3n) is 1.79. The molecule has 0 spiro atoms. The van der Waals surface area contributed by atoms with Crippen molar-refractivity contribution in [3.05, 3.63) is 12.7 Å². The number of hydrogen-bond donors (Lipinski definition) is 0. The van der Waals surface area contributed by atoms with Gasteiger partial charge >= 0.3 is 0 Å². The molecule has 52 valence electrons. The molecule has 1 aliphatic rings. The van der Waals surface area contributed by atoms with Crippen molar-refractivity contribution in [3.8, 4) is 0 Å². The van der Waals surface area contributed by atoms with Crippen LogP contribution in [0.1, 0.15) is 26.2 Å². The zero-order valence-electron chi connectivity index (χ0n) is 5.97. The van der Waals surface area contributed by atoms with Gasteiger partial charge in [-0.3, -0.25) is 0 Å². The zero-order chi connectivity index (χ0) is 6.69. The van der Waals surface area contributed by atoms with Crippen LogP contribution in [0.2, 0.25) is 0 Å². The lowest BCUT2D eigenvalue weighted by Crippen LogP contribution is -2.15. The maximum absolute atomic E-state index is 3.75. The van der Waals surface area contributed by atoms with Crippen LogP contribution in [-0.2, 0) is 0 Å². The van der Waals surface area contributed by atoms with Crippen LogP contribution < -0.4 is 0 Å². The molecular weight excluding hydrogens is 128 g/mol. The second-order valence-corrected chi connectivity index (χ2v) is 4.31. The fraction of sp³-hybridized carbons (Fsp3) is 0.750. The number of rotatable bonds is 3. The Morgan fingerprint density at radius 2 is 2.33 bits per heavy atom. The second kappa shape index (κ2) is 3.31. The Hall–Kier alpha value is 0.0900. The third kappa shape index (κ3) is 2.05. The zero-order valence-corrected chi connectivity index (χ0v) is 6.79. The first-order valence-electron chi connectivity index (χ1n) is 3.61. The molecule has 1 saturated carbocycles. The van der Waals surface area contributed by atoms with Gasteiger partial charge in [0.05, 0.1) is 0 Å². The van der Waals surface area contributed by atoms with Gasteiger partial charge in [-0.05, 0) is 19.8 Å². The van der Waals surface area contributed by atoms with E-state index in [0.29, 0.717) is 5.25 Å². The molecule has 0 aromatic rings. The smallest absolute Gasteiger partial charge is 0.0198 e. The van der Waals surface area contributed by atoms with E-state index in [0.717, 1.165) is 5.25 Å². The van der Waals surface area contributed by atoms with Crippen molar-refractivity contribution < 1.29 is 0 Å². The summed E-state index contributed by atoms with van der Waals surface area (Å²) in [4.78, 5) is 0. The van der Waals surface area contributed by atoms with Gasteiger partial charge < -0.3 is 0 Å². The van der Waals surface area contributed by atoms with Crippen molar-refractivity contribution in [1.82, 2.24) is 0 Å². The monoisotopic (exact) mass is 142 g/mol. The molecule has 1 aliphatic carbocycles. The molecule has 0 N–H and O–H groups in total. The van der Waals surface area contributed by atoms with E-state index in [1.54, 1.807) is 0 Å². The molecule has 1 unspecified atom stereocenters. The van der Waals surface area contributed by atoms with Gasteiger partial charge in [-0.2, -0.15) is 11.8 Å². The van der Waals surface area contributed by atoms with Crippen molar-refractivity contribution in [2.75, 3.05) is 0 Å². The van der Waals surface area contributed by atoms with Gasteiger partial charge in [-0.1, -0.05) is 12.5 Å². The van der Waals surface area contributed by atoms with Crippen LogP contribution in [0.15, 0.2) is 12.7 Å². The van der Waals surface area contributed by atoms with Gasteiger partial charge in [-0.15, -0.1) is 6.58 Å². The van der Waals surface area contributed by atoms with E-state index >= 15 is 0 Å². The Labute approximate surface area is 61.7 Å². The van der Waals surface area contributed by atoms with E-state index in [4.69, 9.17) is 0 Å². The average Bonchev–Trinajstić information content (AvgIpc) is 1.78. The van der Waals surface area contributed by atoms with Gasteiger partial charge in [0, 0.05) is 10.5 Å². The summed E-state index contributed by atoms with van der Waals surface area (Å²) in [6, 6.07) is 0. The average molecular weight is 142 g/mol. The molecule has 0 aromatic heterocycles. The highest BCUT2D eigenvalue weighted by atomic mass is 32.2. The Bertz CT molecular complexity index is 94.7. The molecular formula is C8H14S. The van der Waals surface area contributed by atoms with E-state index in [9.17, 15) is 0 Å². The van der Waals surface area contributed by atoms with E-state index in [1.165, 1.54) is 19.3 Å². The van der Waals surface area contributed by atoms with Gasteiger partial charge in [0.1, 0.15) is 0 Å². The van der Waals surface area contributed by atoms with Crippen LogP contribution in [0.3, 0.4) is 0 Å². The maximum Gasteiger partial charge on any atom is 0.0198 e. The first-order chi connectivity index (χ1) is 4.33. The van der Waals surface area contributed by atoms with E-state index in [1.807, 2.05) is 6.08 Å². The summed E-state index contributed by atoms with van der Waals surface area (Å²) in [6.45, 7) is 5.97. The van der Waals surface area contributed by atoms with Crippen LogP contribution >= 0.6 is 11.8 Å². The molecule has 0 heterocycles. The van der Waals surface area contributed by atoms with Crippen molar-refractivity contribution in [2.24, 2.45) is 0 Å². The van der Waals surface area contributed by atoms with Crippen LogP contribution in [0.4, 0.5) is 0 Å². The summed E-state index contributed by atoms with van der Waals surface area (Å²) in [5.74, 6) is 0. The topological polar surface area (TPSA) is 0 Å². The Balaban J connectivity index is 2.08. The van der Waals surface area contributed by atoms with Gasteiger partial charge in [0.15, 0.2) is 0 Å². The summed E-state index contributed by atoms with van der Waals surface area (Å²) in [5.41, 5.74) is 0. The largest absolute Gasteiger partial charge is 0.151 e. The molecule has 9 heavy (non-hydrogen) atoms. The SMILES string of the molecule is C=CC(C)SC1CCC1. The number of hydrogen-bond acceptors (Lipinski definition) is 1. The maximum atomic E-state index is 3.75. The predicted octanol–water partition coefficient (Wildman–Crippen LogP) is 2.85. The van der Waals surface area contributed by atoms with Crippen molar-refractivity contribution in [2.45, 2.75) is 36.7 Å². The summed E-state index contributed by atoms with van der Waals surface area (Å²) in [5, 5.41) is 1.62. The third-order valence-corrected chi connectivity index (χ3v) is 3.27. The Morgan fingerprint density at radius 3 is 2.67 bits per heavy atom. The molecule has 0 aromatic carbocycles. The first kappa shape index (κ1) is 7.20. The molecule has 1 fully saturated rings. The van der Waals surface area contributed by atoms with Crippen molar-refractivity contribution >= 4 is 11.8 Å². The molecule has 0 nitrogen and oxygen atoms in total. The van der Waals surface area contributed by atoms with E-state index < -0.39 is 0 Å². The normalized spacial score (nSPS) is 22.8. The van der Waals surface area contributed by atoms with Crippen molar-refractivity contribution in [1.29, 1.82) is 0 Å². The highest BCUT2D eigenvalue weighted by Gasteiger charge is 2.18.